The van der Waals surface area contributed by atoms with Crippen molar-refractivity contribution in [1.82, 2.24) is 29.4 Å². The number of alkyl halides is 3. The third-order valence-corrected chi connectivity index (χ3v) is 4.48. The first-order valence-electron chi connectivity index (χ1n) is 7.90. The Labute approximate surface area is 174 Å². The number of carboxylic acid groups (broad SMARTS) is 1. The van der Waals surface area contributed by atoms with Crippen molar-refractivity contribution < 1.29 is 9.90 Å². The number of nitrogens with two attached hydrogens (primary N) is 2. The Balaban J connectivity index is 2.04. The number of imidazole rings is 1. The molecule has 0 radical (unpaired) electrons. The molecule has 1 amide bonds. The molecule has 0 aliphatic heterocycles. The van der Waals surface area contributed by atoms with Gasteiger partial charge in [0, 0.05) is 24.9 Å². The molecule has 3 rings (SSSR count). The average Bonchev–Trinajstić information content (AvgIpc) is 3.01. The molecule has 0 aromatic carbocycles. The minimum atomic E-state index is -2.05. The molecular formula is C15H15Cl3N8O2. The van der Waals surface area contributed by atoms with Gasteiger partial charge in [0.1, 0.15) is 5.52 Å². The second-order valence-corrected chi connectivity index (χ2v) is 8.12. The van der Waals surface area contributed by atoms with Crippen LogP contribution < -0.4 is 11.5 Å². The van der Waals surface area contributed by atoms with Gasteiger partial charge < -0.3 is 16.6 Å². The van der Waals surface area contributed by atoms with Crippen molar-refractivity contribution in [2.45, 2.75) is 16.4 Å². The summed E-state index contributed by atoms with van der Waals surface area (Å²) in [4.78, 5) is 29.1. The number of fused-ring (bicyclic) bond motifs is 1. The van der Waals surface area contributed by atoms with Crippen LogP contribution in [0.5, 0.6) is 0 Å². The molecule has 0 aliphatic carbocycles. The fourth-order valence-corrected chi connectivity index (χ4v) is 3.39. The van der Waals surface area contributed by atoms with E-state index in [2.05, 4.69) is 19.9 Å². The van der Waals surface area contributed by atoms with Gasteiger partial charge >= 0.3 is 6.09 Å². The van der Waals surface area contributed by atoms with E-state index in [0.717, 1.165) is 4.90 Å². The maximum Gasteiger partial charge on any atom is 0.409 e. The van der Waals surface area contributed by atoms with E-state index in [0.29, 0.717) is 12.1 Å². The van der Waals surface area contributed by atoms with Crippen LogP contribution in [0.2, 0.25) is 0 Å². The van der Waals surface area contributed by atoms with E-state index in [1.807, 2.05) is 0 Å². The number of hydrogen-bond acceptors (Lipinski definition) is 7. The minimum absolute atomic E-state index is 0.000639. The summed E-state index contributed by atoms with van der Waals surface area (Å²) in [6.45, 7) is 0.000639. The monoisotopic (exact) mass is 444 g/mol. The first-order valence-corrected chi connectivity index (χ1v) is 9.03. The van der Waals surface area contributed by atoms with Crippen LogP contribution in [0.25, 0.3) is 11.2 Å². The Morgan fingerprint density at radius 3 is 2.61 bits per heavy atom. The molecule has 13 heteroatoms. The number of carbonyl (C=O) groups is 1. The van der Waals surface area contributed by atoms with Crippen LogP contribution in [-0.2, 0) is 6.42 Å². The number of aromatic nitrogens is 5. The second-order valence-electron chi connectivity index (χ2n) is 5.75. The van der Waals surface area contributed by atoms with Gasteiger partial charge in [-0.05, 0) is 12.1 Å². The van der Waals surface area contributed by atoms with Crippen LogP contribution in [0.3, 0.4) is 0 Å². The number of hydrogen-bond donors (Lipinski definition) is 3. The molecule has 0 saturated heterocycles. The minimum Gasteiger partial charge on any atom is -0.465 e. The molecule has 0 bridgehead atoms. The van der Waals surface area contributed by atoms with Crippen molar-refractivity contribution >= 4 is 63.8 Å². The van der Waals surface area contributed by atoms with Gasteiger partial charge in [0.2, 0.25) is 9.74 Å². The van der Waals surface area contributed by atoms with Crippen LogP contribution in [0.4, 0.5) is 16.6 Å². The van der Waals surface area contributed by atoms with Crippen molar-refractivity contribution in [2.24, 2.45) is 0 Å². The average molecular weight is 446 g/mol. The van der Waals surface area contributed by atoms with Crippen LogP contribution >= 0.6 is 34.8 Å². The lowest BCUT2D eigenvalue weighted by Crippen LogP contribution is -2.44. The first kappa shape index (κ1) is 20.2. The number of amides is 1. The predicted molar refractivity (Wildman–Crippen MR) is 106 cm³/mol. The number of halogens is 3. The van der Waals surface area contributed by atoms with E-state index >= 15 is 0 Å². The normalized spacial score (nSPS) is 12.8. The highest BCUT2D eigenvalue weighted by atomic mass is 35.6. The molecule has 3 aromatic heterocycles. The van der Waals surface area contributed by atoms with Gasteiger partial charge in [-0.3, -0.25) is 14.5 Å². The molecule has 148 valence electrons. The van der Waals surface area contributed by atoms with Gasteiger partial charge in [-0.15, -0.1) is 0 Å². The van der Waals surface area contributed by atoms with Gasteiger partial charge in [0.25, 0.3) is 0 Å². The fourth-order valence-electron chi connectivity index (χ4n) is 2.72. The van der Waals surface area contributed by atoms with Gasteiger partial charge in [-0.2, -0.15) is 9.97 Å². The SMILES string of the molecule is Nc1nc(N)c2ncn(C(N(CCc3ccccn3)C(=O)O)C(Cl)(Cl)Cl)c2n1. The van der Waals surface area contributed by atoms with Gasteiger partial charge in [-0.1, -0.05) is 40.9 Å². The smallest absolute Gasteiger partial charge is 0.409 e. The lowest BCUT2D eigenvalue weighted by Gasteiger charge is -2.34. The number of pyridine rings is 1. The summed E-state index contributed by atoms with van der Waals surface area (Å²) in [6.07, 6.45) is 0.592. The third kappa shape index (κ3) is 4.13. The maximum absolute atomic E-state index is 12.0. The molecule has 3 aromatic rings. The van der Waals surface area contributed by atoms with E-state index in [1.54, 1.807) is 24.4 Å². The van der Waals surface area contributed by atoms with Crippen LogP contribution in [0, 0.1) is 0 Å². The van der Waals surface area contributed by atoms with Crippen molar-refractivity contribution in [2.75, 3.05) is 18.0 Å². The topological polar surface area (TPSA) is 149 Å². The summed E-state index contributed by atoms with van der Waals surface area (Å²) in [5.41, 5.74) is 12.5. The van der Waals surface area contributed by atoms with E-state index in [9.17, 15) is 9.90 Å². The number of anilines is 2. The van der Waals surface area contributed by atoms with Crippen LogP contribution in [0.15, 0.2) is 30.7 Å². The fraction of sp³-hybridized carbons (Fsp3) is 0.267. The molecule has 1 unspecified atom stereocenters. The molecule has 10 nitrogen and oxygen atoms in total. The van der Waals surface area contributed by atoms with Crippen LogP contribution in [-0.4, -0.2) is 50.9 Å². The molecule has 0 saturated carbocycles. The van der Waals surface area contributed by atoms with Crippen molar-refractivity contribution in [3.05, 3.63) is 36.4 Å². The Kier molecular flexibility index (Phi) is 5.64. The molecular weight excluding hydrogens is 431 g/mol. The van der Waals surface area contributed by atoms with E-state index in [-0.39, 0.29) is 29.5 Å². The first-order chi connectivity index (χ1) is 13.2. The molecule has 28 heavy (non-hydrogen) atoms. The zero-order chi connectivity index (χ0) is 20.5. The standard InChI is InChI=1S/C15H15Cl3N8O2/c16-15(17,18)12(25(14(27)28)6-4-8-3-1-2-5-21-8)26-7-22-9-10(19)23-13(20)24-11(9)26/h1-3,5,7,12H,4,6H2,(H,27,28)(H4,19,20,23,24). The Morgan fingerprint density at radius 2 is 2.00 bits per heavy atom. The number of nitrogen functional groups attached to an aromatic ring is 2. The molecule has 0 fully saturated rings. The highest BCUT2D eigenvalue weighted by Crippen LogP contribution is 2.42. The molecule has 3 heterocycles. The Bertz CT molecular complexity index is 992. The second kappa shape index (κ2) is 7.82. The quantitative estimate of drug-likeness (QED) is 0.507. The van der Waals surface area contributed by atoms with Crippen LogP contribution in [0.1, 0.15) is 11.9 Å². The van der Waals surface area contributed by atoms with Crippen molar-refractivity contribution in [3.63, 3.8) is 0 Å². The maximum atomic E-state index is 12.0. The predicted octanol–water partition coefficient (Wildman–Crippen LogP) is 2.48. The summed E-state index contributed by atoms with van der Waals surface area (Å²) in [5.74, 6) is -0.0927. The number of nitrogens with zero attached hydrogens (tertiary/aromatic N) is 6. The summed E-state index contributed by atoms with van der Waals surface area (Å²) in [7, 11) is 0. The van der Waals surface area contributed by atoms with E-state index in [4.69, 9.17) is 46.3 Å². The largest absolute Gasteiger partial charge is 0.465 e. The zero-order valence-corrected chi connectivity index (χ0v) is 16.5. The summed E-state index contributed by atoms with van der Waals surface area (Å²) < 4.78 is -0.756. The molecule has 1 atom stereocenters. The summed E-state index contributed by atoms with van der Waals surface area (Å²) in [6, 6.07) is 5.33. The highest BCUT2D eigenvalue weighted by molar-refractivity contribution is 6.68. The van der Waals surface area contributed by atoms with E-state index in [1.165, 1.54) is 10.9 Å². The van der Waals surface area contributed by atoms with Crippen molar-refractivity contribution in [1.29, 1.82) is 0 Å². The van der Waals surface area contributed by atoms with Gasteiger partial charge in [0.15, 0.2) is 17.6 Å². The Hall–Kier alpha value is -2.56. The summed E-state index contributed by atoms with van der Waals surface area (Å²) in [5, 5.41) is 9.78. The lowest BCUT2D eigenvalue weighted by molar-refractivity contribution is 0.104. The molecule has 0 spiro atoms. The van der Waals surface area contributed by atoms with Gasteiger partial charge in [-0.25, -0.2) is 9.78 Å². The molecule has 0 aliphatic rings. The lowest BCUT2D eigenvalue weighted by atomic mass is 10.2. The number of rotatable bonds is 5. The van der Waals surface area contributed by atoms with E-state index < -0.39 is 16.1 Å². The summed E-state index contributed by atoms with van der Waals surface area (Å²) >= 11 is 18.4. The van der Waals surface area contributed by atoms with Gasteiger partial charge in [0.05, 0.1) is 6.33 Å². The zero-order valence-electron chi connectivity index (χ0n) is 14.2. The highest BCUT2D eigenvalue weighted by Gasteiger charge is 2.42. The third-order valence-electron chi connectivity index (χ3n) is 3.90. The Morgan fingerprint density at radius 1 is 1.25 bits per heavy atom. The molecule has 5 N–H and O–H groups in total. The van der Waals surface area contributed by atoms with Crippen molar-refractivity contribution in [3.8, 4) is 0 Å².